The maximum atomic E-state index is 12.3. The van der Waals surface area contributed by atoms with Crippen LogP contribution in [0.5, 0.6) is 0 Å². The van der Waals surface area contributed by atoms with E-state index in [2.05, 4.69) is 23.8 Å². The third kappa shape index (κ3) is 3.27. The van der Waals surface area contributed by atoms with Crippen LogP contribution in [0.15, 0.2) is 12.4 Å². The molecule has 3 rings (SSSR count). The van der Waals surface area contributed by atoms with Crippen LogP contribution in [-0.4, -0.2) is 58.5 Å². The van der Waals surface area contributed by atoms with Crippen molar-refractivity contribution in [1.82, 2.24) is 14.7 Å². The van der Waals surface area contributed by atoms with E-state index in [0.717, 1.165) is 38.2 Å². The molecule has 1 atom stereocenters. The number of anilines is 1. The van der Waals surface area contributed by atoms with Gasteiger partial charge in [-0.15, -0.1) is 0 Å². The van der Waals surface area contributed by atoms with Gasteiger partial charge in [0.05, 0.1) is 30.1 Å². The third-order valence-corrected chi connectivity index (χ3v) is 4.32. The lowest BCUT2D eigenvalue weighted by Gasteiger charge is -2.35. The summed E-state index contributed by atoms with van der Waals surface area (Å²) in [6, 6.07) is 0. The predicted molar refractivity (Wildman–Crippen MR) is 80.2 cm³/mol. The van der Waals surface area contributed by atoms with Crippen molar-refractivity contribution in [3.63, 3.8) is 0 Å². The summed E-state index contributed by atoms with van der Waals surface area (Å²) >= 11 is 0. The molecule has 0 unspecified atom stereocenters. The number of aromatic nitrogens is 2. The Morgan fingerprint density at radius 3 is 2.81 bits per heavy atom. The van der Waals surface area contributed by atoms with E-state index in [1.165, 1.54) is 0 Å². The molecule has 6 heteroatoms. The van der Waals surface area contributed by atoms with Gasteiger partial charge >= 0.3 is 0 Å². The number of amides is 1. The molecule has 0 radical (unpaired) electrons. The SMILES string of the molecule is Cn1cc(N2CCN(C[C@@H]3CCC(C)(C)O3)CC2=O)cn1. The first-order chi connectivity index (χ1) is 9.93. The molecule has 6 nitrogen and oxygen atoms in total. The van der Waals surface area contributed by atoms with Gasteiger partial charge in [-0.05, 0) is 26.7 Å². The number of carbonyl (C=O) groups excluding carboxylic acids is 1. The zero-order valence-electron chi connectivity index (χ0n) is 13.1. The number of carbonyl (C=O) groups is 1. The summed E-state index contributed by atoms with van der Waals surface area (Å²) < 4.78 is 7.75. The van der Waals surface area contributed by atoms with E-state index >= 15 is 0 Å². The number of nitrogens with zero attached hydrogens (tertiary/aromatic N) is 4. The lowest BCUT2D eigenvalue weighted by atomic mass is 10.1. The van der Waals surface area contributed by atoms with Crippen LogP contribution in [0.1, 0.15) is 26.7 Å². The number of rotatable bonds is 3. The molecule has 1 amide bonds. The van der Waals surface area contributed by atoms with Crippen molar-refractivity contribution in [3.05, 3.63) is 12.4 Å². The van der Waals surface area contributed by atoms with Crippen molar-refractivity contribution in [2.24, 2.45) is 7.05 Å². The summed E-state index contributed by atoms with van der Waals surface area (Å²) in [6.45, 7) is 7.21. The van der Waals surface area contributed by atoms with Gasteiger partial charge < -0.3 is 9.64 Å². The zero-order valence-corrected chi connectivity index (χ0v) is 13.1. The molecule has 1 aromatic rings. The standard InChI is InChI=1S/C15H24N4O2/c1-15(2)5-4-13(21-15)10-18-6-7-19(14(20)11-18)12-8-16-17(3)9-12/h8-9,13H,4-7,10-11H2,1-3H3/t13-/m0/s1. The van der Waals surface area contributed by atoms with Crippen LogP contribution in [0, 0.1) is 0 Å². The van der Waals surface area contributed by atoms with Crippen LogP contribution in [-0.2, 0) is 16.6 Å². The normalized spacial score (nSPS) is 26.5. The summed E-state index contributed by atoms with van der Waals surface area (Å²) in [7, 11) is 1.86. The van der Waals surface area contributed by atoms with Crippen LogP contribution >= 0.6 is 0 Å². The molecule has 1 aromatic heterocycles. The quantitative estimate of drug-likeness (QED) is 0.835. The second kappa shape index (κ2) is 5.42. The van der Waals surface area contributed by atoms with E-state index in [4.69, 9.17) is 4.74 Å². The number of hydrogen-bond donors (Lipinski definition) is 0. The highest BCUT2D eigenvalue weighted by Crippen LogP contribution is 2.30. The first-order valence-corrected chi connectivity index (χ1v) is 7.62. The minimum atomic E-state index is -0.00773. The van der Waals surface area contributed by atoms with Crippen molar-refractivity contribution < 1.29 is 9.53 Å². The molecular weight excluding hydrogens is 268 g/mol. The van der Waals surface area contributed by atoms with Crippen molar-refractivity contribution in [3.8, 4) is 0 Å². The highest BCUT2D eigenvalue weighted by molar-refractivity contribution is 5.95. The van der Waals surface area contributed by atoms with Gasteiger partial charge in [0.1, 0.15) is 0 Å². The van der Waals surface area contributed by atoms with Crippen molar-refractivity contribution in [2.75, 3.05) is 31.1 Å². The van der Waals surface area contributed by atoms with Crippen molar-refractivity contribution in [1.29, 1.82) is 0 Å². The molecule has 0 spiro atoms. The second-order valence-corrected chi connectivity index (χ2v) is 6.69. The van der Waals surface area contributed by atoms with E-state index in [-0.39, 0.29) is 17.6 Å². The Kier molecular flexibility index (Phi) is 3.75. The Bertz CT molecular complexity index is 525. The molecule has 2 fully saturated rings. The van der Waals surface area contributed by atoms with E-state index in [1.54, 1.807) is 10.9 Å². The second-order valence-electron chi connectivity index (χ2n) is 6.69. The zero-order chi connectivity index (χ0) is 15.0. The molecule has 0 aliphatic carbocycles. The Labute approximate surface area is 125 Å². The number of ether oxygens (including phenoxy) is 1. The Hall–Kier alpha value is -1.40. The molecule has 21 heavy (non-hydrogen) atoms. The van der Waals surface area contributed by atoms with Crippen LogP contribution in [0.2, 0.25) is 0 Å². The Morgan fingerprint density at radius 1 is 1.43 bits per heavy atom. The summed E-state index contributed by atoms with van der Waals surface area (Å²) in [5.41, 5.74) is 0.882. The lowest BCUT2D eigenvalue weighted by molar-refractivity contribution is -0.122. The minimum absolute atomic E-state index is 0.00773. The fraction of sp³-hybridized carbons (Fsp3) is 0.733. The van der Waals surface area contributed by atoms with E-state index in [1.807, 2.05) is 18.1 Å². The van der Waals surface area contributed by atoms with Crippen LogP contribution < -0.4 is 4.90 Å². The highest BCUT2D eigenvalue weighted by Gasteiger charge is 2.34. The van der Waals surface area contributed by atoms with Gasteiger partial charge in [0, 0.05) is 32.9 Å². The molecule has 0 saturated carbocycles. The number of piperazine rings is 1. The maximum Gasteiger partial charge on any atom is 0.241 e. The number of aryl methyl sites for hydroxylation is 1. The fourth-order valence-electron chi connectivity index (χ4n) is 3.19. The fourth-order valence-corrected chi connectivity index (χ4v) is 3.19. The predicted octanol–water partition coefficient (Wildman–Crippen LogP) is 1.03. The van der Waals surface area contributed by atoms with Crippen LogP contribution in [0.3, 0.4) is 0 Å². The van der Waals surface area contributed by atoms with Gasteiger partial charge in [-0.25, -0.2) is 0 Å². The first kappa shape index (κ1) is 14.5. The van der Waals surface area contributed by atoms with E-state index in [9.17, 15) is 4.79 Å². The summed E-state index contributed by atoms with van der Waals surface area (Å²) in [5, 5.41) is 4.13. The van der Waals surface area contributed by atoms with E-state index in [0.29, 0.717) is 6.54 Å². The molecule has 2 saturated heterocycles. The van der Waals surface area contributed by atoms with Crippen molar-refractivity contribution >= 4 is 11.6 Å². The topological polar surface area (TPSA) is 50.6 Å². The van der Waals surface area contributed by atoms with Crippen molar-refractivity contribution in [2.45, 2.75) is 38.4 Å². The molecule has 3 heterocycles. The molecule has 0 aromatic carbocycles. The summed E-state index contributed by atoms with van der Waals surface area (Å²) in [5.74, 6) is 0.145. The van der Waals surface area contributed by atoms with E-state index < -0.39 is 0 Å². The lowest BCUT2D eigenvalue weighted by Crippen LogP contribution is -2.52. The van der Waals surface area contributed by atoms with Gasteiger partial charge in [-0.3, -0.25) is 14.4 Å². The molecular formula is C15H24N4O2. The summed E-state index contributed by atoms with van der Waals surface area (Å²) in [4.78, 5) is 16.4. The number of hydrogen-bond acceptors (Lipinski definition) is 4. The van der Waals surface area contributed by atoms with Crippen LogP contribution in [0.4, 0.5) is 5.69 Å². The average molecular weight is 292 g/mol. The molecule has 2 aliphatic rings. The first-order valence-electron chi connectivity index (χ1n) is 7.62. The van der Waals surface area contributed by atoms with Gasteiger partial charge in [0.15, 0.2) is 0 Å². The van der Waals surface area contributed by atoms with Gasteiger partial charge in [-0.1, -0.05) is 0 Å². The molecule has 0 N–H and O–H groups in total. The maximum absolute atomic E-state index is 12.3. The Morgan fingerprint density at radius 2 is 2.24 bits per heavy atom. The summed E-state index contributed by atoms with van der Waals surface area (Å²) in [6.07, 6.45) is 6.08. The third-order valence-electron chi connectivity index (χ3n) is 4.32. The Balaban J connectivity index is 1.55. The molecule has 0 bridgehead atoms. The smallest absolute Gasteiger partial charge is 0.241 e. The minimum Gasteiger partial charge on any atom is -0.371 e. The van der Waals surface area contributed by atoms with Gasteiger partial charge in [-0.2, -0.15) is 5.10 Å². The molecule has 2 aliphatic heterocycles. The van der Waals surface area contributed by atoms with Gasteiger partial charge in [0.25, 0.3) is 0 Å². The highest BCUT2D eigenvalue weighted by atomic mass is 16.5. The monoisotopic (exact) mass is 292 g/mol. The van der Waals surface area contributed by atoms with Crippen LogP contribution in [0.25, 0.3) is 0 Å². The largest absolute Gasteiger partial charge is 0.371 e. The average Bonchev–Trinajstić information content (AvgIpc) is 2.96. The molecule has 116 valence electrons. The van der Waals surface area contributed by atoms with Gasteiger partial charge in [0.2, 0.25) is 5.91 Å².